The average Bonchev–Trinajstić information content (AvgIpc) is 3.23. The maximum absolute atomic E-state index is 12.8. The van der Waals surface area contributed by atoms with Gasteiger partial charge in [0.15, 0.2) is 0 Å². The number of nitrogens with zero attached hydrogens (tertiary/aromatic N) is 4. The summed E-state index contributed by atoms with van der Waals surface area (Å²) in [5, 5.41) is 12.3. The second-order valence-electron chi connectivity index (χ2n) is 7.75. The molecule has 3 aromatic carbocycles. The van der Waals surface area contributed by atoms with Crippen molar-refractivity contribution in [3.63, 3.8) is 0 Å². The molecule has 1 amide bonds. The summed E-state index contributed by atoms with van der Waals surface area (Å²) in [5.74, 6) is 0.477. The van der Waals surface area contributed by atoms with Gasteiger partial charge in [0.05, 0.1) is 12.3 Å². The van der Waals surface area contributed by atoms with Gasteiger partial charge in [-0.2, -0.15) is 4.80 Å². The second-order valence-corrected chi connectivity index (χ2v) is 7.75. The maximum Gasteiger partial charge on any atom is 0.255 e. The summed E-state index contributed by atoms with van der Waals surface area (Å²) in [6, 6.07) is 19.2. The van der Waals surface area contributed by atoms with Crippen molar-refractivity contribution < 1.29 is 9.53 Å². The van der Waals surface area contributed by atoms with Crippen LogP contribution in [0.3, 0.4) is 0 Å². The molecule has 0 aliphatic rings. The standard InChI is InChI=1S/C26H29N5O2/c1-5-30(6-2)20-11-13-21(14-12-20)31-28-24-15-18(4)23(17-25(24)29-31)27-26(32)19-9-8-10-22(16-19)33-7-3/h8-17H,5-7H2,1-4H3,(H,27,32). The van der Waals surface area contributed by atoms with Gasteiger partial charge in [0, 0.05) is 30.0 Å². The number of benzene rings is 3. The largest absolute Gasteiger partial charge is 0.494 e. The summed E-state index contributed by atoms with van der Waals surface area (Å²) >= 11 is 0. The van der Waals surface area contributed by atoms with E-state index in [2.05, 4.69) is 46.4 Å². The maximum atomic E-state index is 12.8. The number of nitrogens with one attached hydrogen (secondary N) is 1. The molecule has 0 saturated heterocycles. The van der Waals surface area contributed by atoms with Crippen molar-refractivity contribution in [3.05, 3.63) is 71.8 Å². The van der Waals surface area contributed by atoms with Crippen LogP contribution in [0.2, 0.25) is 0 Å². The van der Waals surface area contributed by atoms with Crippen molar-refractivity contribution in [2.45, 2.75) is 27.7 Å². The van der Waals surface area contributed by atoms with Crippen LogP contribution < -0.4 is 15.0 Å². The van der Waals surface area contributed by atoms with Crippen LogP contribution >= 0.6 is 0 Å². The molecule has 1 heterocycles. The van der Waals surface area contributed by atoms with Gasteiger partial charge in [0.25, 0.3) is 5.91 Å². The lowest BCUT2D eigenvalue weighted by Crippen LogP contribution is -2.21. The minimum Gasteiger partial charge on any atom is -0.494 e. The van der Waals surface area contributed by atoms with Gasteiger partial charge < -0.3 is 15.0 Å². The fraction of sp³-hybridized carbons (Fsp3) is 0.269. The highest BCUT2D eigenvalue weighted by Gasteiger charge is 2.13. The number of aromatic nitrogens is 3. The van der Waals surface area contributed by atoms with Gasteiger partial charge in [0.2, 0.25) is 0 Å². The molecule has 1 aromatic heterocycles. The van der Waals surface area contributed by atoms with Crippen molar-refractivity contribution in [1.29, 1.82) is 0 Å². The molecule has 33 heavy (non-hydrogen) atoms. The van der Waals surface area contributed by atoms with E-state index in [-0.39, 0.29) is 5.91 Å². The SMILES string of the molecule is CCOc1cccc(C(=O)Nc2cc3nn(-c4ccc(N(CC)CC)cc4)nc3cc2C)c1. The van der Waals surface area contributed by atoms with Gasteiger partial charge in [0.1, 0.15) is 16.8 Å². The van der Waals surface area contributed by atoms with Gasteiger partial charge in [-0.3, -0.25) is 4.79 Å². The summed E-state index contributed by atoms with van der Waals surface area (Å²) in [7, 11) is 0. The first-order valence-corrected chi connectivity index (χ1v) is 11.3. The lowest BCUT2D eigenvalue weighted by molar-refractivity contribution is 0.102. The number of hydrogen-bond donors (Lipinski definition) is 1. The van der Waals surface area contributed by atoms with Crippen LogP contribution in [-0.4, -0.2) is 40.6 Å². The van der Waals surface area contributed by atoms with Crippen molar-refractivity contribution >= 4 is 28.3 Å². The third-order valence-electron chi connectivity index (χ3n) is 5.59. The van der Waals surface area contributed by atoms with Crippen LogP contribution in [0.1, 0.15) is 36.7 Å². The highest BCUT2D eigenvalue weighted by molar-refractivity contribution is 6.05. The van der Waals surface area contributed by atoms with Gasteiger partial charge in [-0.15, -0.1) is 10.2 Å². The zero-order valence-electron chi connectivity index (χ0n) is 19.5. The van der Waals surface area contributed by atoms with Crippen molar-refractivity contribution in [3.8, 4) is 11.4 Å². The minimum absolute atomic E-state index is 0.196. The topological polar surface area (TPSA) is 72.3 Å². The monoisotopic (exact) mass is 443 g/mol. The molecule has 0 saturated carbocycles. The number of hydrogen-bond acceptors (Lipinski definition) is 5. The molecular formula is C26H29N5O2. The summed E-state index contributed by atoms with van der Waals surface area (Å²) in [5.41, 5.74) is 5.72. The molecule has 7 heteroatoms. The van der Waals surface area contributed by atoms with E-state index in [1.165, 1.54) is 5.69 Å². The number of amides is 1. The van der Waals surface area contributed by atoms with E-state index in [9.17, 15) is 4.79 Å². The molecule has 0 fully saturated rings. The third kappa shape index (κ3) is 4.82. The van der Waals surface area contributed by atoms with E-state index in [1.807, 2.05) is 50.2 Å². The Labute approximate surface area is 194 Å². The Balaban J connectivity index is 1.58. The normalized spacial score (nSPS) is 10.9. The molecule has 0 unspecified atom stereocenters. The molecule has 1 N–H and O–H groups in total. The van der Waals surface area contributed by atoms with Gasteiger partial charge in [-0.1, -0.05) is 6.07 Å². The van der Waals surface area contributed by atoms with Crippen LogP contribution in [0.4, 0.5) is 11.4 Å². The number of aryl methyl sites for hydroxylation is 1. The number of carbonyl (C=O) groups is 1. The Bertz CT molecular complexity index is 1260. The third-order valence-corrected chi connectivity index (χ3v) is 5.59. The van der Waals surface area contributed by atoms with E-state index in [1.54, 1.807) is 16.9 Å². The van der Waals surface area contributed by atoms with Crippen LogP contribution in [0, 0.1) is 6.92 Å². The van der Waals surface area contributed by atoms with Gasteiger partial charge in [-0.05, 0) is 87.9 Å². The zero-order chi connectivity index (χ0) is 23.4. The lowest BCUT2D eigenvalue weighted by atomic mass is 10.1. The number of rotatable bonds is 8. The van der Waals surface area contributed by atoms with Crippen molar-refractivity contribution in [2.75, 3.05) is 29.9 Å². The quantitative estimate of drug-likeness (QED) is 0.404. The average molecular weight is 444 g/mol. The van der Waals surface area contributed by atoms with E-state index >= 15 is 0 Å². The van der Waals surface area contributed by atoms with Crippen LogP contribution in [0.5, 0.6) is 5.75 Å². The smallest absolute Gasteiger partial charge is 0.255 e. The number of fused-ring (bicyclic) bond motifs is 1. The predicted molar refractivity (Wildman–Crippen MR) is 133 cm³/mol. The predicted octanol–water partition coefficient (Wildman–Crippen LogP) is 5.23. The van der Waals surface area contributed by atoms with E-state index < -0.39 is 0 Å². The Morgan fingerprint density at radius 3 is 2.33 bits per heavy atom. The summed E-state index contributed by atoms with van der Waals surface area (Å²) < 4.78 is 5.50. The highest BCUT2D eigenvalue weighted by atomic mass is 16.5. The highest BCUT2D eigenvalue weighted by Crippen LogP contribution is 2.24. The van der Waals surface area contributed by atoms with Crippen LogP contribution in [0.15, 0.2) is 60.7 Å². The fourth-order valence-electron chi connectivity index (χ4n) is 3.79. The molecule has 7 nitrogen and oxygen atoms in total. The lowest BCUT2D eigenvalue weighted by Gasteiger charge is -2.20. The summed E-state index contributed by atoms with van der Waals surface area (Å²) in [6.45, 7) is 10.6. The minimum atomic E-state index is -0.196. The van der Waals surface area contributed by atoms with E-state index in [0.717, 1.165) is 29.9 Å². The Hall–Kier alpha value is -3.87. The van der Waals surface area contributed by atoms with Crippen LogP contribution in [-0.2, 0) is 0 Å². The number of anilines is 2. The first-order chi connectivity index (χ1) is 16.0. The van der Waals surface area contributed by atoms with Gasteiger partial charge >= 0.3 is 0 Å². The first-order valence-electron chi connectivity index (χ1n) is 11.3. The molecular weight excluding hydrogens is 414 g/mol. The van der Waals surface area contributed by atoms with Crippen LogP contribution in [0.25, 0.3) is 16.7 Å². The zero-order valence-corrected chi connectivity index (χ0v) is 19.5. The fourth-order valence-corrected chi connectivity index (χ4v) is 3.79. The summed E-state index contributed by atoms with van der Waals surface area (Å²) in [4.78, 5) is 16.7. The molecule has 0 bridgehead atoms. The molecule has 0 radical (unpaired) electrons. The molecule has 0 spiro atoms. The molecule has 0 aliphatic heterocycles. The molecule has 4 aromatic rings. The number of carbonyl (C=O) groups excluding carboxylic acids is 1. The van der Waals surface area contributed by atoms with Gasteiger partial charge in [-0.25, -0.2) is 0 Å². The Morgan fingerprint density at radius 2 is 1.67 bits per heavy atom. The second kappa shape index (κ2) is 9.73. The van der Waals surface area contributed by atoms with Crippen molar-refractivity contribution in [2.24, 2.45) is 0 Å². The van der Waals surface area contributed by atoms with E-state index in [0.29, 0.717) is 29.1 Å². The Kier molecular flexibility index (Phi) is 6.58. The van der Waals surface area contributed by atoms with Crippen molar-refractivity contribution in [1.82, 2.24) is 15.0 Å². The molecule has 4 rings (SSSR count). The summed E-state index contributed by atoms with van der Waals surface area (Å²) in [6.07, 6.45) is 0. The Morgan fingerprint density at radius 1 is 0.970 bits per heavy atom. The molecule has 0 atom stereocenters. The van der Waals surface area contributed by atoms with E-state index in [4.69, 9.17) is 4.74 Å². The number of ether oxygens (including phenoxy) is 1. The molecule has 0 aliphatic carbocycles. The first kappa shape index (κ1) is 22.3. The molecule has 170 valence electrons.